The monoisotopic (exact) mass is 378 g/mol. The van der Waals surface area contributed by atoms with Crippen LogP contribution in [0.4, 0.5) is 25.1 Å². The van der Waals surface area contributed by atoms with Gasteiger partial charge in [-0.3, -0.25) is 9.72 Å². The molecule has 5 nitrogen and oxygen atoms in total. The standard InChI is InChI=1S/C21H16F2N4O/c1-13-5-7-14(8-6-13)19-20(27-11-3-2-4-18(27)25-19)26-21(28)24-17-12-15(22)9-10-16(17)23/h2-12H,1H3,(H2,24,26,28). The van der Waals surface area contributed by atoms with Crippen LogP contribution in [-0.4, -0.2) is 15.4 Å². The lowest BCUT2D eigenvalue weighted by Gasteiger charge is -2.10. The molecule has 28 heavy (non-hydrogen) atoms. The first-order valence-corrected chi connectivity index (χ1v) is 8.58. The highest BCUT2D eigenvalue weighted by Crippen LogP contribution is 2.29. The van der Waals surface area contributed by atoms with E-state index in [1.54, 1.807) is 10.6 Å². The van der Waals surface area contributed by atoms with Crippen molar-refractivity contribution in [1.82, 2.24) is 9.38 Å². The normalized spacial score (nSPS) is 10.8. The van der Waals surface area contributed by atoms with E-state index in [4.69, 9.17) is 0 Å². The Morgan fingerprint density at radius 3 is 2.57 bits per heavy atom. The molecule has 4 rings (SSSR count). The van der Waals surface area contributed by atoms with E-state index in [1.807, 2.05) is 49.4 Å². The maximum atomic E-state index is 13.8. The molecular formula is C21H16F2N4O. The highest BCUT2D eigenvalue weighted by atomic mass is 19.1. The van der Waals surface area contributed by atoms with Crippen LogP contribution in [0.3, 0.4) is 0 Å². The number of urea groups is 1. The molecule has 4 aromatic rings. The van der Waals surface area contributed by atoms with Gasteiger partial charge in [0.2, 0.25) is 0 Å². The number of amides is 2. The number of anilines is 2. The molecule has 0 aliphatic rings. The number of nitrogens with zero attached hydrogens (tertiary/aromatic N) is 2. The second kappa shape index (κ2) is 7.11. The summed E-state index contributed by atoms with van der Waals surface area (Å²) in [6.07, 6.45) is 1.76. The second-order valence-electron chi connectivity index (χ2n) is 6.31. The van der Waals surface area contributed by atoms with Crippen LogP contribution in [0.15, 0.2) is 66.9 Å². The SMILES string of the molecule is Cc1ccc(-c2nc3ccccn3c2NC(=O)Nc2cc(F)ccc2F)cc1. The zero-order valence-electron chi connectivity index (χ0n) is 14.9. The van der Waals surface area contributed by atoms with Crippen molar-refractivity contribution in [1.29, 1.82) is 0 Å². The highest BCUT2D eigenvalue weighted by molar-refractivity contribution is 6.01. The number of aryl methyl sites for hydroxylation is 1. The molecule has 0 saturated carbocycles. The third-order valence-electron chi connectivity index (χ3n) is 4.26. The van der Waals surface area contributed by atoms with Crippen molar-refractivity contribution in [2.75, 3.05) is 10.6 Å². The lowest BCUT2D eigenvalue weighted by molar-refractivity contribution is 0.262. The number of imidazole rings is 1. The van der Waals surface area contributed by atoms with E-state index in [0.29, 0.717) is 17.2 Å². The van der Waals surface area contributed by atoms with E-state index < -0.39 is 17.7 Å². The Balaban J connectivity index is 1.71. The van der Waals surface area contributed by atoms with Gasteiger partial charge in [0, 0.05) is 17.8 Å². The van der Waals surface area contributed by atoms with Gasteiger partial charge >= 0.3 is 6.03 Å². The molecule has 2 amide bonds. The van der Waals surface area contributed by atoms with E-state index >= 15 is 0 Å². The van der Waals surface area contributed by atoms with Gasteiger partial charge < -0.3 is 5.32 Å². The predicted octanol–water partition coefficient (Wildman–Crippen LogP) is 5.23. The highest BCUT2D eigenvalue weighted by Gasteiger charge is 2.17. The fourth-order valence-corrected chi connectivity index (χ4v) is 2.88. The minimum atomic E-state index is -0.728. The van der Waals surface area contributed by atoms with Crippen molar-refractivity contribution >= 4 is 23.2 Å². The first-order valence-electron chi connectivity index (χ1n) is 8.58. The summed E-state index contributed by atoms with van der Waals surface area (Å²) in [5.74, 6) is -0.950. The summed E-state index contributed by atoms with van der Waals surface area (Å²) in [5, 5.41) is 5.04. The minimum absolute atomic E-state index is 0.247. The molecule has 2 heterocycles. The number of hydrogen-bond donors (Lipinski definition) is 2. The van der Waals surface area contributed by atoms with Gasteiger partial charge in [-0.05, 0) is 31.2 Å². The number of hydrogen-bond acceptors (Lipinski definition) is 2. The first-order chi connectivity index (χ1) is 13.5. The van der Waals surface area contributed by atoms with Crippen LogP contribution in [0.25, 0.3) is 16.9 Å². The molecule has 0 spiro atoms. The molecule has 2 aromatic heterocycles. The van der Waals surface area contributed by atoms with E-state index in [9.17, 15) is 13.6 Å². The molecular weight excluding hydrogens is 362 g/mol. The van der Waals surface area contributed by atoms with Crippen molar-refractivity contribution < 1.29 is 13.6 Å². The maximum Gasteiger partial charge on any atom is 0.324 e. The summed E-state index contributed by atoms with van der Waals surface area (Å²) in [7, 11) is 0. The third-order valence-corrected chi connectivity index (χ3v) is 4.26. The Kier molecular flexibility index (Phi) is 4.49. The Labute approximate surface area is 159 Å². The van der Waals surface area contributed by atoms with Crippen LogP contribution >= 0.6 is 0 Å². The number of benzene rings is 2. The number of pyridine rings is 1. The largest absolute Gasteiger partial charge is 0.324 e. The summed E-state index contributed by atoms with van der Waals surface area (Å²) < 4.78 is 28.9. The average Bonchev–Trinajstić information content (AvgIpc) is 3.04. The van der Waals surface area contributed by atoms with E-state index in [-0.39, 0.29) is 5.69 Å². The van der Waals surface area contributed by atoms with Gasteiger partial charge in [0.05, 0.1) is 5.69 Å². The van der Waals surface area contributed by atoms with Crippen molar-refractivity contribution in [2.45, 2.75) is 6.92 Å². The summed E-state index contributed by atoms with van der Waals surface area (Å²) in [6, 6.07) is 15.3. The number of halogens is 2. The van der Waals surface area contributed by atoms with Crippen molar-refractivity contribution in [3.8, 4) is 11.3 Å². The molecule has 2 N–H and O–H groups in total. The number of carbonyl (C=O) groups excluding carboxylic acids is 1. The average molecular weight is 378 g/mol. The number of aromatic nitrogens is 2. The van der Waals surface area contributed by atoms with Gasteiger partial charge in [0.15, 0.2) is 0 Å². The Hall–Kier alpha value is -3.74. The topological polar surface area (TPSA) is 58.4 Å². The summed E-state index contributed by atoms with van der Waals surface area (Å²) in [6.45, 7) is 1.98. The van der Waals surface area contributed by atoms with Gasteiger partial charge in [-0.2, -0.15) is 0 Å². The van der Waals surface area contributed by atoms with E-state index in [1.165, 1.54) is 0 Å². The van der Waals surface area contributed by atoms with Crippen molar-refractivity contribution in [3.05, 3.63) is 84.1 Å². The van der Waals surface area contributed by atoms with Crippen LogP contribution in [0.1, 0.15) is 5.56 Å². The molecule has 0 bridgehead atoms. The van der Waals surface area contributed by atoms with E-state index in [2.05, 4.69) is 15.6 Å². The first kappa shape index (κ1) is 17.7. The molecule has 0 fully saturated rings. The van der Waals surface area contributed by atoms with Crippen molar-refractivity contribution in [3.63, 3.8) is 0 Å². The van der Waals surface area contributed by atoms with Gasteiger partial charge in [0.1, 0.15) is 28.8 Å². The summed E-state index contributed by atoms with van der Waals surface area (Å²) in [5.41, 5.74) is 2.89. The Morgan fingerprint density at radius 1 is 1.00 bits per heavy atom. The quantitative estimate of drug-likeness (QED) is 0.513. The molecule has 140 valence electrons. The van der Waals surface area contributed by atoms with Gasteiger partial charge in [-0.1, -0.05) is 35.9 Å². The smallest absolute Gasteiger partial charge is 0.305 e. The molecule has 0 unspecified atom stereocenters. The molecule has 0 atom stereocenters. The summed E-state index contributed by atoms with van der Waals surface area (Å²) in [4.78, 5) is 17.1. The van der Waals surface area contributed by atoms with Gasteiger partial charge in [-0.25, -0.2) is 18.6 Å². The molecule has 0 aliphatic heterocycles. The molecule has 2 aromatic carbocycles. The van der Waals surface area contributed by atoms with Crippen LogP contribution < -0.4 is 10.6 Å². The third kappa shape index (κ3) is 3.42. The summed E-state index contributed by atoms with van der Waals surface area (Å²) >= 11 is 0. The van der Waals surface area contributed by atoms with Gasteiger partial charge in [0.25, 0.3) is 0 Å². The van der Waals surface area contributed by atoms with Crippen LogP contribution in [-0.2, 0) is 0 Å². The van der Waals surface area contributed by atoms with Gasteiger partial charge in [-0.15, -0.1) is 0 Å². The zero-order valence-corrected chi connectivity index (χ0v) is 14.9. The number of rotatable bonds is 3. The van der Waals surface area contributed by atoms with Crippen LogP contribution in [0.5, 0.6) is 0 Å². The minimum Gasteiger partial charge on any atom is -0.305 e. The molecule has 0 radical (unpaired) electrons. The Bertz CT molecular complexity index is 1170. The number of nitrogens with one attached hydrogen (secondary N) is 2. The maximum absolute atomic E-state index is 13.8. The number of carbonyl (C=O) groups is 1. The lowest BCUT2D eigenvalue weighted by atomic mass is 10.1. The Morgan fingerprint density at radius 2 is 1.79 bits per heavy atom. The van der Waals surface area contributed by atoms with Crippen LogP contribution in [0.2, 0.25) is 0 Å². The zero-order chi connectivity index (χ0) is 19.7. The van der Waals surface area contributed by atoms with E-state index in [0.717, 1.165) is 29.3 Å². The molecule has 7 heteroatoms. The molecule has 0 aliphatic carbocycles. The van der Waals surface area contributed by atoms with Crippen molar-refractivity contribution in [2.24, 2.45) is 0 Å². The van der Waals surface area contributed by atoms with Crippen LogP contribution in [0, 0.1) is 18.6 Å². The lowest BCUT2D eigenvalue weighted by Crippen LogP contribution is -2.21. The number of fused-ring (bicyclic) bond motifs is 1. The predicted molar refractivity (Wildman–Crippen MR) is 104 cm³/mol. The molecule has 0 saturated heterocycles. The fourth-order valence-electron chi connectivity index (χ4n) is 2.88. The fraction of sp³-hybridized carbons (Fsp3) is 0.0476. The second-order valence-corrected chi connectivity index (χ2v) is 6.31.